The van der Waals surface area contributed by atoms with E-state index in [-0.39, 0.29) is 23.4 Å². The number of carbonyl (C=O) groups excluding carboxylic acids is 1. The average molecular weight is 503 g/mol. The lowest BCUT2D eigenvalue weighted by atomic mass is 9.98. The molecule has 0 aliphatic carbocycles. The Hall–Kier alpha value is -4.03. The lowest BCUT2D eigenvalue weighted by Crippen LogP contribution is -2.43. The molecule has 2 aliphatic heterocycles. The van der Waals surface area contributed by atoms with Crippen molar-refractivity contribution in [3.05, 3.63) is 78.6 Å². The zero-order valence-corrected chi connectivity index (χ0v) is 20.9. The Morgan fingerprint density at radius 3 is 2.44 bits per heavy atom. The summed E-state index contributed by atoms with van der Waals surface area (Å²) in [7, 11) is -0.244. The van der Waals surface area contributed by atoms with Crippen molar-refractivity contribution in [1.29, 1.82) is 0 Å². The number of rotatable bonds is 6. The number of para-hydroxylation sites is 1. The van der Waals surface area contributed by atoms with E-state index in [0.717, 1.165) is 13.0 Å². The Morgan fingerprint density at radius 2 is 1.75 bits per heavy atom. The van der Waals surface area contributed by atoms with Gasteiger partial charge in [0.15, 0.2) is 0 Å². The second-order valence-electron chi connectivity index (χ2n) is 8.84. The molecule has 2 unspecified atom stereocenters. The maximum absolute atomic E-state index is 13.7. The molecule has 2 atom stereocenters. The zero-order valence-electron chi connectivity index (χ0n) is 20.0. The molecule has 0 bridgehead atoms. The SMILES string of the molecule is CN1C#CC(N(C)C(=O)C2CN(S(=O)(=O)c3ccc(Oc4ccncc4)cc3)c3ccccc32)CC1. The molecule has 0 saturated carbocycles. The number of likely N-dealkylation sites (N-methyl/N-ethyl adjacent to an activating group) is 1. The Kier molecular flexibility index (Phi) is 6.29. The summed E-state index contributed by atoms with van der Waals surface area (Å²) >= 11 is 0. The predicted molar refractivity (Wildman–Crippen MR) is 136 cm³/mol. The standard InChI is InChI=1S/C27H26N4O4S/c1-29-17-13-20(14-18-29)30(2)27(32)25-19-31(26-6-4-3-5-24(25)26)36(33,34)23-9-7-21(8-10-23)35-22-11-15-28-16-12-22/h3-12,15-16,20,25H,13,17,19H2,1-2H3. The third kappa shape index (κ3) is 4.48. The fraction of sp³-hybridized carbons (Fsp3) is 0.259. The zero-order chi connectivity index (χ0) is 25.3. The van der Waals surface area contributed by atoms with E-state index < -0.39 is 15.9 Å². The van der Waals surface area contributed by atoms with E-state index in [0.29, 0.717) is 22.7 Å². The van der Waals surface area contributed by atoms with Crippen LogP contribution in [0.25, 0.3) is 0 Å². The first kappa shape index (κ1) is 23.7. The van der Waals surface area contributed by atoms with E-state index in [1.54, 1.807) is 60.7 Å². The van der Waals surface area contributed by atoms with Gasteiger partial charge in [0.2, 0.25) is 5.91 Å². The number of aromatic nitrogens is 1. The Labute approximate surface area is 211 Å². The summed E-state index contributed by atoms with van der Waals surface area (Å²) in [6.07, 6.45) is 3.98. The monoisotopic (exact) mass is 502 g/mol. The van der Waals surface area contributed by atoms with Gasteiger partial charge in [-0.05, 0) is 54.4 Å². The van der Waals surface area contributed by atoms with Crippen LogP contribution in [0.1, 0.15) is 17.9 Å². The van der Waals surface area contributed by atoms with Gasteiger partial charge in [0.25, 0.3) is 10.0 Å². The van der Waals surface area contributed by atoms with Crippen LogP contribution in [0.2, 0.25) is 0 Å². The van der Waals surface area contributed by atoms with Crippen molar-refractivity contribution in [2.45, 2.75) is 23.3 Å². The highest BCUT2D eigenvalue weighted by atomic mass is 32.2. The van der Waals surface area contributed by atoms with Crippen molar-refractivity contribution >= 4 is 21.6 Å². The molecule has 9 heteroatoms. The fourth-order valence-corrected chi connectivity index (χ4v) is 5.98. The maximum atomic E-state index is 13.7. The number of anilines is 1. The lowest BCUT2D eigenvalue weighted by molar-refractivity contribution is -0.132. The quantitative estimate of drug-likeness (QED) is 0.481. The summed E-state index contributed by atoms with van der Waals surface area (Å²) in [4.78, 5) is 21.2. The second-order valence-corrected chi connectivity index (χ2v) is 10.7. The van der Waals surface area contributed by atoms with Crippen LogP contribution >= 0.6 is 0 Å². The molecule has 0 N–H and O–H groups in total. The molecule has 5 rings (SSSR count). The molecule has 2 aromatic carbocycles. The van der Waals surface area contributed by atoms with E-state index in [9.17, 15) is 13.2 Å². The van der Waals surface area contributed by atoms with E-state index in [4.69, 9.17) is 4.74 Å². The molecular weight excluding hydrogens is 476 g/mol. The molecule has 1 aromatic heterocycles. The smallest absolute Gasteiger partial charge is 0.264 e. The molecular formula is C27H26N4O4S. The highest BCUT2D eigenvalue weighted by Gasteiger charge is 2.41. The normalized spacial score (nSPS) is 18.7. The number of fused-ring (bicyclic) bond motifs is 1. The number of benzene rings is 2. The highest BCUT2D eigenvalue weighted by Crippen LogP contribution is 2.40. The number of nitrogens with zero attached hydrogens (tertiary/aromatic N) is 4. The highest BCUT2D eigenvalue weighted by molar-refractivity contribution is 7.92. The molecule has 3 aromatic rings. The first-order valence-corrected chi connectivity index (χ1v) is 13.1. The van der Waals surface area contributed by atoms with Crippen molar-refractivity contribution in [2.75, 3.05) is 31.5 Å². The second kappa shape index (κ2) is 9.55. The number of amides is 1. The third-order valence-electron chi connectivity index (χ3n) is 6.50. The Morgan fingerprint density at radius 1 is 1.06 bits per heavy atom. The summed E-state index contributed by atoms with van der Waals surface area (Å²) < 4.78 is 34.4. The summed E-state index contributed by atoms with van der Waals surface area (Å²) in [6, 6.07) is 19.7. The minimum atomic E-state index is -3.90. The van der Waals surface area contributed by atoms with Gasteiger partial charge < -0.3 is 14.5 Å². The molecule has 1 amide bonds. The first-order valence-electron chi connectivity index (χ1n) is 11.6. The van der Waals surface area contributed by atoms with Gasteiger partial charge in [-0.15, -0.1) is 0 Å². The predicted octanol–water partition coefficient (Wildman–Crippen LogP) is 3.29. The van der Waals surface area contributed by atoms with Crippen LogP contribution in [0, 0.1) is 12.0 Å². The van der Waals surface area contributed by atoms with Gasteiger partial charge in [-0.3, -0.25) is 14.1 Å². The molecule has 3 heterocycles. The third-order valence-corrected chi connectivity index (χ3v) is 8.29. The molecule has 0 spiro atoms. The van der Waals surface area contributed by atoms with Crippen LogP contribution in [0.15, 0.2) is 78.0 Å². The lowest BCUT2D eigenvalue weighted by Gasteiger charge is -2.30. The van der Waals surface area contributed by atoms with Gasteiger partial charge in [-0.25, -0.2) is 8.42 Å². The van der Waals surface area contributed by atoms with E-state index in [1.165, 1.54) is 16.4 Å². The van der Waals surface area contributed by atoms with Crippen molar-refractivity contribution in [2.24, 2.45) is 0 Å². The average Bonchev–Trinajstić information content (AvgIpc) is 3.30. The van der Waals surface area contributed by atoms with Crippen molar-refractivity contribution in [3.63, 3.8) is 0 Å². The molecule has 8 nitrogen and oxygen atoms in total. The van der Waals surface area contributed by atoms with Gasteiger partial charge in [0.05, 0.1) is 29.1 Å². The fourth-order valence-electron chi connectivity index (χ4n) is 4.48. The van der Waals surface area contributed by atoms with Gasteiger partial charge >= 0.3 is 0 Å². The van der Waals surface area contributed by atoms with Gasteiger partial charge in [-0.2, -0.15) is 0 Å². The Bertz CT molecular complexity index is 1430. The maximum Gasteiger partial charge on any atom is 0.264 e. The van der Waals surface area contributed by atoms with Crippen LogP contribution in [-0.4, -0.2) is 62.3 Å². The number of hydrogen-bond acceptors (Lipinski definition) is 6. The van der Waals surface area contributed by atoms with Crippen molar-refractivity contribution in [1.82, 2.24) is 14.8 Å². The first-order chi connectivity index (χ1) is 17.3. The number of pyridine rings is 1. The van der Waals surface area contributed by atoms with Gasteiger partial charge in [0.1, 0.15) is 11.5 Å². The van der Waals surface area contributed by atoms with E-state index in [2.05, 4.69) is 16.9 Å². The number of hydrogen-bond donors (Lipinski definition) is 0. The molecule has 2 aliphatic rings. The number of sulfonamides is 1. The molecule has 36 heavy (non-hydrogen) atoms. The summed E-state index contributed by atoms with van der Waals surface area (Å²) in [5, 5.41) is 0. The summed E-state index contributed by atoms with van der Waals surface area (Å²) in [5.41, 5.74) is 1.23. The van der Waals surface area contributed by atoms with Gasteiger partial charge in [0, 0.05) is 39.1 Å². The summed E-state index contributed by atoms with van der Waals surface area (Å²) in [6.45, 7) is 0.818. The molecule has 0 radical (unpaired) electrons. The van der Waals surface area contributed by atoms with Crippen molar-refractivity contribution in [3.8, 4) is 23.5 Å². The van der Waals surface area contributed by atoms with Crippen LogP contribution < -0.4 is 9.04 Å². The van der Waals surface area contributed by atoms with E-state index in [1.807, 2.05) is 24.1 Å². The topological polar surface area (TPSA) is 83.0 Å². The largest absolute Gasteiger partial charge is 0.457 e. The molecule has 0 saturated heterocycles. The van der Waals surface area contributed by atoms with E-state index >= 15 is 0 Å². The summed E-state index contributed by atoms with van der Waals surface area (Å²) in [5.74, 6) is 3.50. The number of ether oxygens (including phenoxy) is 1. The van der Waals surface area contributed by atoms with Gasteiger partial charge in [-0.1, -0.05) is 24.1 Å². The van der Waals surface area contributed by atoms with Crippen molar-refractivity contribution < 1.29 is 17.9 Å². The number of carbonyl (C=O) groups is 1. The molecule has 184 valence electrons. The molecule has 0 fully saturated rings. The van der Waals surface area contributed by atoms with Crippen LogP contribution in [0.5, 0.6) is 11.5 Å². The minimum Gasteiger partial charge on any atom is -0.457 e. The van der Waals surface area contributed by atoms with Crippen LogP contribution in [0.3, 0.4) is 0 Å². The van der Waals surface area contributed by atoms with Crippen LogP contribution in [-0.2, 0) is 14.8 Å². The Balaban J connectivity index is 1.39. The van der Waals surface area contributed by atoms with Crippen LogP contribution in [0.4, 0.5) is 5.69 Å². The minimum absolute atomic E-state index is 0.0418.